The molecule has 2 heterocycles. The number of rotatable bonds is 4. The summed E-state index contributed by atoms with van der Waals surface area (Å²) in [4.78, 5) is 2.54. The van der Waals surface area contributed by atoms with Gasteiger partial charge in [-0.25, -0.2) is 0 Å². The van der Waals surface area contributed by atoms with Gasteiger partial charge in [0.25, 0.3) is 0 Å². The molecule has 1 fully saturated rings. The third-order valence-corrected chi connectivity index (χ3v) is 5.19. The van der Waals surface area contributed by atoms with Gasteiger partial charge in [0.2, 0.25) is 0 Å². The molecule has 102 valence electrons. The molecule has 1 aromatic heterocycles. The van der Waals surface area contributed by atoms with Crippen LogP contribution in [0.15, 0.2) is 29.6 Å². The number of piperidine rings is 1. The van der Waals surface area contributed by atoms with Gasteiger partial charge < -0.3 is 10.2 Å². The Balaban J connectivity index is 1.58. The van der Waals surface area contributed by atoms with E-state index in [0.717, 1.165) is 6.54 Å². The van der Waals surface area contributed by atoms with Crippen LogP contribution in [0.2, 0.25) is 0 Å². The van der Waals surface area contributed by atoms with E-state index in [-0.39, 0.29) is 0 Å². The summed E-state index contributed by atoms with van der Waals surface area (Å²) in [5, 5.41) is 7.47. The summed E-state index contributed by atoms with van der Waals surface area (Å²) < 4.78 is 1.40. The first-order valence-electron chi connectivity index (χ1n) is 7.27. The van der Waals surface area contributed by atoms with Gasteiger partial charge in [-0.2, -0.15) is 0 Å². The minimum absolute atomic E-state index is 0.696. The lowest BCUT2D eigenvalue weighted by atomic mass is 10.0. The summed E-state index contributed by atoms with van der Waals surface area (Å²) in [6, 6.07) is 9.40. The predicted octanol–water partition coefficient (Wildman–Crippen LogP) is 3.48. The lowest BCUT2D eigenvalue weighted by Crippen LogP contribution is -2.42. The van der Waals surface area contributed by atoms with Crippen molar-refractivity contribution in [2.75, 3.05) is 19.6 Å². The van der Waals surface area contributed by atoms with Crippen LogP contribution in [0.1, 0.15) is 25.3 Å². The van der Waals surface area contributed by atoms with Gasteiger partial charge >= 0.3 is 0 Å². The van der Waals surface area contributed by atoms with Gasteiger partial charge in [-0.3, -0.25) is 0 Å². The van der Waals surface area contributed by atoms with E-state index in [1.165, 1.54) is 48.1 Å². The summed E-state index contributed by atoms with van der Waals surface area (Å²) in [5.74, 6) is 0. The molecule has 2 aromatic rings. The van der Waals surface area contributed by atoms with Crippen LogP contribution in [-0.4, -0.2) is 30.6 Å². The van der Waals surface area contributed by atoms with Crippen molar-refractivity contribution in [1.29, 1.82) is 0 Å². The quantitative estimate of drug-likeness (QED) is 0.918. The van der Waals surface area contributed by atoms with E-state index in [0.29, 0.717) is 6.04 Å². The van der Waals surface area contributed by atoms with Crippen molar-refractivity contribution in [3.8, 4) is 0 Å². The van der Waals surface area contributed by atoms with Crippen LogP contribution in [0.5, 0.6) is 0 Å². The SMILES string of the molecule is CCN1CCC(NCc2csc3ccccc23)CC1. The first kappa shape index (κ1) is 13.1. The number of thiophene rings is 1. The maximum absolute atomic E-state index is 3.74. The molecule has 1 N–H and O–H groups in total. The number of hydrogen-bond acceptors (Lipinski definition) is 3. The Labute approximate surface area is 119 Å². The summed E-state index contributed by atoms with van der Waals surface area (Å²) in [5.41, 5.74) is 1.46. The summed E-state index contributed by atoms with van der Waals surface area (Å²) >= 11 is 1.86. The molecule has 1 aliphatic heterocycles. The summed E-state index contributed by atoms with van der Waals surface area (Å²) in [6.45, 7) is 6.96. The molecule has 0 spiro atoms. The second-order valence-electron chi connectivity index (χ2n) is 5.35. The molecule has 0 amide bonds. The molecule has 0 aliphatic carbocycles. The molecule has 1 saturated heterocycles. The van der Waals surface area contributed by atoms with Gasteiger partial charge in [-0.1, -0.05) is 25.1 Å². The van der Waals surface area contributed by atoms with E-state index in [1.54, 1.807) is 0 Å². The molecule has 0 atom stereocenters. The normalized spacial score (nSPS) is 18.2. The number of hydrogen-bond donors (Lipinski definition) is 1. The Bertz CT molecular complexity index is 526. The summed E-state index contributed by atoms with van der Waals surface area (Å²) in [7, 11) is 0. The largest absolute Gasteiger partial charge is 0.310 e. The second-order valence-corrected chi connectivity index (χ2v) is 6.26. The van der Waals surface area contributed by atoms with E-state index >= 15 is 0 Å². The zero-order valence-electron chi connectivity index (χ0n) is 11.6. The highest BCUT2D eigenvalue weighted by atomic mass is 32.1. The van der Waals surface area contributed by atoms with Crippen molar-refractivity contribution in [3.05, 3.63) is 35.2 Å². The van der Waals surface area contributed by atoms with Crippen LogP contribution in [0.4, 0.5) is 0 Å². The maximum atomic E-state index is 3.74. The molecule has 1 aromatic carbocycles. The number of nitrogens with zero attached hydrogens (tertiary/aromatic N) is 1. The smallest absolute Gasteiger partial charge is 0.0346 e. The van der Waals surface area contributed by atoms with Crippen LogP contribution in [-0.2, 0) is 6.54 Å². The van der Waals surface area contributed by atoms with Gasteiger partial charge in [-0.15, -0.1) is 11.3 Å². The van der Waals surface area contributed by atoms with Crippen molar-refractivity contribution >= 4 is 21.4 Å². The zero-order valence-corrected chi connectivity index (χ0v) is 12.4. The van der Waals surface area contributed by atoms with Gasteiger partial charge in [0.05, 0.1) is 0 Å². The fourth-order valence-corrected chi connectivity index (χ4v) is 3.84. The predicted molar refractivity (Wildman–Crippen MR) is 83.8 cm³/mol. The molecule has 0 saturated carbocycles. The Morgan fingerprint density at radius 3 is 2.84 bits per heavy atom. The number of benzene rings is 1. The molecular weight excluding hydrogens is 252 g/mol. The molecule has 0 unspecified atom stereocenters. The van der Waals surface area contributed by atoms with E-state index in [2.05, 4.69) is 46.8 Å². The van der Waals surface area contributed by atoms with E-state index < -0.39 is 0 Å². The molecule has 19 heavy (non-hydrogen) atoms. The number of likely N-dealkylation sites (tertiary alicyclic amines) is 1. The average molecular weight is 274 g/mol. The second kappa shape index (κ2) is 6.04. The average Bonchev–Trinajstić information content (AvgIpc) is 2.89. The van der Waals surface area contributed by atoms with Crippen LogP contribution < -0.4 is 5.32 Å². The Kier molecular flexibility index (Phi) is 4.16. The first-order chi connectivity index (χ1) is 9.36. The third kappa shape index (κ3) is 2.99. The zero-order chi connectivity index (χ0) is 13.1. The monoisotopic (exact) mass is 274 g/mol. The van der Waals surface area contributed by atoms with Crippen LogP contribution in [0.3, 0.4) is 0 Å². The van der Waals surface area contributed by atoms with Gasteiger partial charge in [-0.05, 0) is 54.9 Å². The number of fused-ring (bicyclic) bond motifs is 1. The minimum Gasteiger partial charge on any atom is -0.310 e. The van der Waals surface area contributed by atoms with Crippen molar-refractivity contribution in [2.24, 2.45) is 0 Å². The first-order valence-corrected chi connectivity index (χ1v) is 8.15. The minimum atomic E-state index is 0.696. The van der Waals surface area contributed by atoms with Crippen molar-refractivity contribution in [3.63, 3.8) is 0 Å². The molecule has 3 rings (SSSR count). The highest BCUT2D eigenvalue weighted by molar-refractivity contribution is 7.17. The van der Waals surface area contributed by atoms with Crippen LogP contribution in [0.25, 0.3) is 10.1 Å². The lowest BCUT2D eigenvalue weighted by Gasteiger charge is -2.31. The van der Waals surface area contributed by atoms with Crippen molar-refractivity contribution < 1.29 is 0 Å². The van der Waals surface area contributed by atoms with Gasteiger partial charge in [0.15, 0.2) is 0 Å². The third-order valence-electron chi connectivity index (χ3n) is 4.18. The molecule has 0 radical (unpaired) electrons. The van der Waals surface area contributed by atoms with E-state index in [1.807, 2.05) is 11.3 Å². The molecule has 3 heteroatoms. The highest BCUT2D eigenvalue weighted by Gasteiger charge is 2.17. The fraction of sp³-hybridized carbons (Fsp3) is 0.500. The Morgan fingerprint density at radius 1 is 1.26 bits per heavy atom. The Hall–Kier alpha value is -0.900. The van der Waals surface area contributed by atoms with E-state index in [9.17, 15) is 0 Å². The molecular formula is C16H22N2S. The highest BCUT2D eigenvalue weighted by Crippen LogP contribution is 2.25. The molecule has 2 nitrogen and oxygen atoms in total. The van der Waals surface area contributed by atoms with Crippen molar-refractivity contribution in [2.45, 2.75) is 32.4 Å². The Morgan fingerprint density at radius 2 is 2.05 bits per heavy atom. The van der Waals surface area contributed by atoms with Crippen molar-refractivity contribution in [1.82, 2.24) is 10.2 Å². The van der Waals surface area contributed by atoms with Crippen LogP contribution >= 0.6 is 11.3 Å². The molecule has 0 bridgehead atoms. The van der Waals surface area contributed by atoms with E-state index in [4.69, 9.17) is 0 Å². The standard InChI is InChI=1S/C16H22N2S/c1-2-18-9-7-14(8-10-18)17-11-13-12-19-16-6-4-3-5-15(13)16/h3-6,12,14,17H,2,7-11H2,1H3. The summed E-state index contributed by atoms with van der Waals surface area (Å²) in [6.07, 6.45) is 2.58. The molecule has 1 aliphatic rings. The number of nitrogens with one attached hydrogen (secondary N) is 1. The van der Waals surface area contributed by atoms with Gasteiger partial charge in [0.1, 0.15) is 0 Å². The van der Waals surface area contributed by atoms with Crippen LogP contribution in [0, 0.1) is 0 Å². The fourth-order valence-electron chi connectivity index (χ4n) is 2.88. The topological polar surface area (TPSA) is 15.3 Å². The maximum Gasteiger partial charge on any atom is 0.0346 e. The lowest BCUT2D eigenvalue weighted by molar-refractivity contribution is 0.206. The van der Waals surface area contributed by atoms with Gasteiger partial charge in [0, 0.05) is 17.3 Å².